The first-order valence-electron chi connectivity index (χ1n) is 7.35. The predicted molar refractivity (Wildman–Crippen MR) is 73.3 cm³/mol. The number of likely N-dealkylation sites (tertiary alicyclic amines) is 1. The molecule has 2 aliphatic rings. The van der Waals surface area contributed by atoms with Crippen LogP contribution in [0, 0.1) is 5.92 Å². The molecule has 0 aromatic heterocycles. The lowest BCUT2D eigenvalue weighted by Crippen LogP contribution is -2.52. The Morgan fingerprint density at radius 2 is 2.12 bits per heavy atom. The van der Waals surface area contributed by atoms with Crippen LogP contribution in [0.1, 0.15) is 32.6 Å². The molecule has 0 aromatic carbocycles. The molecule has 0 aromatic rings. The molecule has 3 unspecified atom stereocenters. The van der Waals surface area contributed by atoms with Gasteiger partial charge < -0.3 is 10.2 Å². The molecule has 2 fully saturated rings. The fourth-order valence-corrected chi connectivity index (χ4v) is 3.62. The largest absolute Gasteiger partial charge is 0.319 e. The minimum atomic E-state index is 0.820. The minimum Gasteiger partial charge on any atom is -0.319 e. The summed E-state index contributed by atoms with van der Waals surface area (Å²) >= 11 is 0. The lowest BCUT2D eigenvalue weighted by molar-refractivity contribution is 0.0639. The van der Waals surface area contributed by atoms with Crippen LogP contribution < -0.4 is 5.32 Å². The molecular formula is C14H29N3. The summed E-state index contributed by atoms with van der Waals surface area (Å²) in [6.45, 7) is 7.31. The Kier molecular flexibility index (Phi) is 4.83. The monoisotopic (exact) mass is 239 g/mol. The molecule has 3 nitrogen and oxygen atoms in total. The van der Waals surface area contributed by atoms with Crippen LogP contribution in [-0.4, -0.2) is 62.2 Å². The van der Waals surface area contributed by atoms with E-state index in [-0.39, 0.29) is 0 Å². The van der Waals surface area contributed by atoms with E-state index in [1.165, 1.54) is 51.9 Å². The molecule has 1 N–H and O–H groups in total. The van der Waals surface area contributed by atoms with Crippen LogP contribution >= 0.6 is 0 Å². The smallest absolute Gasteiger partial charge is 0.0223 e. The average Bonchev–Trinajstić information content (AvgIpc) is 2.71. The van der Waals surface area contributed by atoms with Gasteiger partial charge >= 0.3 is 0 Å². The van der Waals surface area contributed by atoms with Gasteiger partial charge in [0.1, 0.15) is 0 Å². The van der Waals surface area contributed by atoms with Gasteiger partial charge in [0.15, 0.2) is 0 Å². The van der Waals surface area contributed by atoms with Crippen LogP contribution in [0.25, 0.3) is 0 Å². The van der Waals surface area contributed by atoms with Gasteiger partial charge in [0, 0.05) is 18.6 Å². The highest BCUT2D eigenvalue weighted by molar-refractivity contribution is 4.91. The van der Waals surface area contributed by atoms with Crippen LogP contribution in [0.15, 0.2) is 0 Å². The van der Waals surface area contributed by atoms with E-state index in [2.05, 4.69) is 36.1 Å². The van der Waals surface area contributed by atoms with E-state index in [4.69, 9.17) is 0 Å². The summed E-state index contributed by atoms with van der Waals surface area (Å²) in [7, 11) is 4.41. The molecule has 1 aliphatic carbocycles. The van der Waals surface area contributed by atoms with Crippen molar-refractivity contribution in [3.8, 4) is 0 Å². The van der Waals surface area contributed by atoms with Crippen molar-refractivity contribution >= 4 is 0 Å². The number of hydrogen-bond acceptors (Lipinski definition) is 3. The molecule has 3 atom stereocenters. The minimum absolute atomic E-state index is 0.820. The highest BCUT2D eigenvalue weighted by Crippen LogP contribution is 2.31. The second kappa shape index (κ2) is 6.17. The summed E-state index contributed by atoms with van der Waals surface area (Å²) in [5, 5.41) is 3.33. The molecule has 0 radical (unpaired) electrons. The fourth-order valence-electron chi connectivity index (χ4n) is 3.62. The van der Waals surface area contributed by atoms with Crippen molar-refractivity contribution in [3.63, 3.8) is 0 Å². The van der Waals surface area contributed by atoms with E-state index in [1.807, 2.05) is 0 Å². The highest BCUT2D eigenvalue weighted by Gasteiger charge is 2.35. The van der Waals surface area contributed by atoms with E-state index in [1.54, 1.807) is 0 Å². The SMILES string of the molecule is CCN1CCCC1CN(C)C1CCC1CNC. The third-order valence-corrected chi connectivity index (χ3v) is 4.81. The Bertz CT molecular complexity index is 232. The molecule has 1 saturated carbocycles. The van der Waals surface area contributed by atoms with Gasteiger partial charge in [0.05, 0.1) is 0 Å². The zero-order valence-electron chi connectivity index (χ0n) is 11.8. The topological polar surface area (TPSA) is 18.5 Å². The summed E-state index contributed by atoms with van der Waals surface area (Å²) in [5.41, 5.74) is 0. The summed E-state index contributed by atoms with van der Waals surface area (Å²) in [5.74, 6) is 0.890. The Morgan fingerprint density at radius 1 is 1.29 bits per heavy atom. The Morgan fingerprint density at radius 3 is 2.71 bits per heavy atom. The maximum absolute atomic E-state index is 3.33. The van der Waals surface area contributed by atoms with E-state index in [0.717, 1.165) is 18.0 Å². The summed E-state index contributed by atoms with van der Waals surface area (Å²) in [4.78, 5) is 5.28. The molecule has 2 rings (SSSR count). The van der Waals surface area contributed by atoms with Crippen LogP contribution in [0.2, 0.25) is 0 Å². The van der Waals surface area contributed by atoms with E-state index in [9.17, 15) is 0 Å². The first kappa shape index (κ1) is 13.3. The highest BCUT2D eigenvalue weighted by atomic mass is 15.2. The van der Waals surface area contributed by atoms with Gasteiger partial charge in [-0.3, -0.25) is 4.90 Å². The Hall–Kier alpha value is -0.120. The van der Waals surface area contributed by atoms with Crippen LogP contribution in [-0.2, 0) is 0 Å². The number of hydrogen-bond donors (Lipinski definition) is 1. The predicted octanol–water partition coefficient (Wildman–Crippen LogP) is 1.40. The maximum atomic E-state index is 3.33. The lowest BCUT2D eigenvalue weighted by Gasteiger charge is -2.44. The molecule has 3 heteroatoms. The number of nitrogens with zero attached hydrogens (tertiary/aromatic N) is 2. The molecular weight excluding hydrogens is 210 g/mol. The van der Waals surface area contributed by atoms with E-state index < -0.39 is 0 Å². The quantitative estimate of drug-likeness (QED) is 0.756. The zero-order valence-corrected chi connectivity index (χ0v) is 11.8. The molecule has 0 bridgehead atoms. The lowest BCUT2D eigenvalue weighted by atomic mass is 9.78. The zero-order chi connectivity index (χ0) is 12.3. The molecule has 1 heterocycles. The second-order valence-corrected chi connectivity index (χ2v) is 5.83. The van der Waals surface area contributed by atoms with Gasteiger partial charge in [0.25, 0.3) is 0 Å². The van der Waals surface area contributed by atoms with E-state index in [0.29, 0.717) is 0 Å². The number of rotatable bonds is 6. The summed E-state index contributed by atoms with van der Waals surface area (Å²) in [6, 6.07) is 1.66. The third kappa shape index (κ3) is 3.01. The van der Waals surface area contributed by atoms with Gasteiger partial charge in [-0.25, -0.2) is 0 Å². The van der Waals surface area contributed by atoms with Crippen molar-refractivity contribution in [1.29, 1.82) is 0 Å². The number of likely N-dealkylation sites (N-methyl/N-ethyl adjacent to an activating group) is 2. The second-order valence-electron chi connectivity index (χ2n) is 5.83. The van der Waals surface area contributed by atoms with Gasteiger partial charge in [-0.2, -0.15) is 0 Å². The van der Waals surface area contributed by atoms with Gasteiger partial charge in [-0.1, -0.05) is 6.92 Å². The summed E-state index contributed by atoms with van der Waals surface area (Å²) < 4.78 is 0. The van der Waals surface area contributed by atoms with Crippen molar-refractivity contribution in [2.24, 2.45) is 5.92 Å². The third-order valence-electron chi connectivity index (χ3n) is 4.81. The Balaban J connectivity index is 1.78. The van der Waals surface area contributed by atoms with Crippen molar-refractivity contribution in [2.45, 2.75) is 44.7 Å². The fraction of sp³-hybridized carbons (Fsp3) is 1.00. The first-order valence-corrected chi connectivity index (χ1v) is 7.35. The maximum Gasteiger partial charge on any atom is 0.0223 e. The molecule has 0 amide bonds. The van der Waals surface area contributed by atoms with Gasteiger partial charge in [-0.05, 0) is 65.3 Å². The molecule has 0 spiro atoms. The standard InChI is InChI=1S/C14H29N3/c1-4-17-9-5-6-13(17)11-16(3)14-8-7-12(14)10-15-2/h12-15H,4-11H2,1-3H3. The van der Waals surface area contributed by atoms with E-state index >= 15 is 0 Å². The van der Waals surface area contributed by atoms with Gasteiger partial charge in [-0.15, -0.1) is 0 Å². The van der Waals surface area contributed by atoms with Crippen LogP contribution in [0.5, 0.6) is 0 Å². The molecule has 17 heavy (non-hydrogen) atoms. The number of nitrogens with one attached hydrogen (secondary N) is 1. The summed E-state index contributed by atoms with van der Waals surface area (Å²) in [6.07, 6.45) is 5.62. The molecule has 1 aliphatic heterocycles. The normalized spacial score (nSPS) is 34.2. The van der Waals surface area contributed by atoms with Crippen molar-refractivity contribution in [3.05, 3.63) is 0 Å². The van der Waals surface area contributed by atoms with Crippen molar-refractivity contribution in [1.82, 2.24) is 15.1 Å². The van der Waals surface area contributed by atoms with Crippen molar-refractivity contribution in [2.75, 3.05) is 40.3 Å². The molecule has 1 saturated heterocycles. The average molecular weight is 239 g/mol. The molecule has 100 valence electrons. The van der Waals surface area contributed by atoms with Crippen LogP contribution in [0.4, 0.5) is 0 Å². The van der Waals surface area contributed by atoms with Gasteiger partial charge in [0.2, 0.25) is 0 Å². The van der Waals surface area contributed by atoms with Crippen LogP contribution in [0.3, 0.4) is 0 Å². The first-order chi connectivity index (χ1) is 8.26. The van der Waals surface area contributed by atoms with Crippen molar-refractivity contribution < 1.29 is 0 Å². The Labute approximate surface area is 107 Å².